The summed E-state index contributed by atoms with van der Waals surface area (Å²) in [5, 5.41) is 0. The Balaban J connectivity index is 2.19. The van der Waals surface area contributed by atoms with Crippen LogP contribution >= 0.6 is 0 Å². The third-order valence-corrected chi connectivity index (χ3v) is 5.53. The lowest BCUT2D eigenvalue weighted by Crippen LogP contribution is -2.54. The quantitative estimate of drug-likeness (QED) is 0.850. The second-order valence-corrected chi connectivity index (χ2v) is 7.05. The number of likely N-dealkylation sites (N-methyl/N-ethyl adjacent to an activating group) is 1. The number of sulfone groups is 1. The Bertz CT molecular complexity index is 483. The maximum absolute atomic E-state index is 11.7. The van der Waals surface area contributed by atoms with Crippen molar-refractivity contribution in [1.82, 2.24) is 4.90 Å². The Morgan fingerprint density at radius 3 is 2.78 bits per heavy atom. The zero-order valence-corrected chi connectivity index (χ0v) is 11.4. The van der Waals surface area contributed by atoms with Crippen LogP contribution in [0, 0.1) is 0 Å². The summed E-state index contributed by atoms with van der Waals surface area (Å²) in [6, 6.07) is 3.74. The van der Waals surface area contributed by atoms with Crippen molar-refractivity contribution < 1.29 is 12.8 Å². The van der Waals surface area contributed by atoms with Crippen LogP contribution in [-0.4, -0.2) is 43.5 Å². The summed E-state index contributed by atoms with van der Waals surface area (Å²) in [6.45, 7) is 3.75. The lowest BCUT2D eigenvalue weighted by atomic mass is 9.96. The fraction of sp³-hybridized carbons (Fsp3) is 0.667. The standard InChI is InChI=1S/C12H20N2O3S/c1-2-14(8-11-4-3-6-17-11)12(9-13)5-7-18(15,16)10-12/h3-4,6H,2,5,7-10,13H2,1H3. The molecule has 6 heteroatoms. The number of furan rings is 1. The number of nitrogens with two attached hydrogens (primary N) is 1. The Morgan fingerprint density at radius 2 is 2.33 bits per heavy atom. The molecule has 1 aliphatic heterocycles. The average molecular weight is 272 g/mol. The van der Waals surface area contributed by atoms with Crippen molar-refractivity contribution in [2.24, 2.45) is 5.73 Å². The highest BCUT2D eigenvalue weighted by atomic mass is 32.2. The molecule has 2 N–H and O–H groups in total. The highest BCUT2D eigenvalue weighted by Crippen LogP contribution is 2.30. The minimum atomic E-state index is -2.95. The molecule has 0 saturated carbocycles. The Labute approximate surface area is 108 Å². The summed E-state index contributed by atoms with van der Waals surface area (Å²) in [5.41, 5.74) is 5.43. The molecule has 102 valence electrons. The molecule has 2 heterocycles. The van der Waals surface area contributed by atoms with E-state index in [1.807, 2.05) is 19.1 Å². The van der Waals surface area contributed by atoms with Crippen molar-refractivity contribution in [2.45, 2.75) is 25.4 Å². The molecule has 1 aromatic rings. The van der Waals surface area contributed by atoms with Crippen molar-refractivity contribution in [2.75, 3.05) is 24.6 Å². The molecule has 0 aliphatic carbocycles. The molecule has 1 atom stereocenters. The van der Waals surface area contributed by atoms with E-state index < -0.39 is 15.4 Å². The Hall–Kier alpha value is -0.850. The summed E-state index contributed by atoms with van der Waals surface area (Å²) in [6.07, 6.45) is 2.24. The molecule has 1 saturated heterocycles. The molecular weight excluding hydrogens is 252 g/mol. The normalized spacial score (nSPS) is 26.8. The summed E-state index contributed by atoms with van der Waals surface area (Å²) >= 11 is 0. The van der Waals surface area contributed by atoms with E-state index >= 15 is 0 Å². The van der Waals surface area contributed by atoms with Gasteiger partial charge in [0.15, 0.2) is 9.84 Å². The molecule has 0 bridgehead atoms. The highest BCUT2D eigenvalue weighted by molar-refractivity contribution is 7.91. The van der Waals surface area contributed by atoms with E-state index in [9.17, 15) is 8.42 Å². The van der Waals surface area contributed by atoms with E-state index in [0.717, 1.165) is 12.3 Å². The van der Waals surface area contributed by atoms with Crippen molar-refractivity contribution in [3.05, 3.63) is 24.2 Å². The van der Waals surface area contributed by atoms with Gasteiger partial charge >= 0.3 is 0 Å². The number of hydrogen-bond donors (Lipinski definition) is 1. The van der Waals surface area contributed by atoms with Gasteiger partial charge in [-0.3, -0.25) is 4.90 Å². The smallest absolute Gasteiger partial charge is 0.152 e. The third kappa shape index (κ3) is 2.60. The SMILES string of the molecule is CCN(Cc1ccco1)C1(CN)CCS(=O)(=O)C1. The predicted molar refractivity (Wildman–Crippen MR) is 69.8 cm³/mol. The monoisotopic (exact) mass is 272 g/mol. The lowest BCUT2D eigenvalue weighted by Gasteiger charge is -2.38. The third-order valence-electron chi connectivity index (χ3n) is 3.73. The maximum Gasteiger partial charge on any atom is 0.152 e. The first kappa shape index (κ1) is 13.6. The van der Waals surface area contributed by atoms with Crippen LogP contribution in [0.3, 0.4) is 0 Å². The molecule has 0 aromatic carbocycles. The number of rotatable bonds is 5. The summed E-state index contributed by atoms with van der Waals surface area (Å²) < 4.78 is 28.8. The van der Waals surface area contributed by atoms with Gasteiger partial charge in [0, 0.05) is 12.1 Å². The molecule has 0 amide bonds. The first-order valence-corrected chi connectivity index (χ1v) is 8.01. The van der Waals surface area contributed by atoms with E-state index in [1.165, 1.54) is 0 Å². The predicted octanol–water partition coefficient (Wildman–Crippen LogP) is 0.618. The van der Waals surface area contributed by atoms with Gasteiger partial charge in [-0.15, -0.1) is 0 Å². The van der Waals surface area contributed by atoms with Crippen LogP contribution in [0.15, 0.2) is 22.8 Å². The molecule has 2 rings (SSSR count). The van der Waals surface area contributed by atoms with E-state index in [4.69, 9.17) is 10.2 Å². The van der Waals surface area contributed by atoms with Crippen LogP contribution in [-0.2, 0) is 16.4 Å². The average Bonchev–Trinajstić information content (AvgIpc) is 2.94. The van der Waals surface area contributed by atoms with Gasteiger partial charge in [0.1, 0.15) is 5.76 Å². The topological polar surface area (TPSA) is 76.5 Å². The van der Waals surface area contributed by atoms with Gasteiger partial charge in [0.2, 0.25) is 0 Å². The van der Waals surface area contributed by atoms with Crippen molar-refractivity contribution in [3.63, 3.8) is 0 Å². The van der Waals surface area contributed by atoms with E-state index in [2.05, 4.69) is 4.90 Å². The minimum absolute atomic E-state index is 0.158. The molecular formula is C12H20N2O3S. The maximum atomic E-state index is 11.7. The van der Waals surface area contributed by atoms with Gasteiger partial charge in [0.25, 0.3) is 0 Å². The minimum Gasteiger partial charge on any atom is -0.468 e. The van der Waals surface area contributed by atoms with Gasteiger partial charge in [-0.25, -0.2) is 8.42 Å². The van der Waals surface area contributed by atoms with Gasteiger partial charge in [-0.05, 0) is 25.1 Å². The zero-order valence-electron chi connectivity index (χ0n) is 10.6. The van der Waals surface area contributed by atoms with E-state index in [1.54, 1.807) is 6.26 Å². The number of hydrogen-bond acceptors (Lipinski definition) is 5. The lowest BCUT2D eigenvalue weighted by molar-refractivity contribution is 0.105. The molecule has 1 aromatic heterocycles. The van der Waals surface area contributed by atoms with Gasteiger partial charge < -0.3 is 10.2 Å². The van der Waals surface area contributed by atoms with E-state index in [0.29, 0.717) is 19.5 Å². The summed E-state index contributed by atoms with van der Waals surface area (Å²) in [7, 11) is -2.95. The van der Waals surface area contributed by atoms with E-state index in [-0.39, 0.29) is 11.5 Å². The fourth-order valence-corrected chi connectivity index (χ4v) is 4.74. The van der Waals surface area contributed by atoms with Crippen molar-refractivity contribution in [1.29, 1.82) is 0 Å². The van der Waals surface area contributed by atoms with Crippen LogP contribution in [0.5, 0.6) is 0 Å². The fourth-order valence-electron chi connectivity index (χ4n) is 2.64. The molecule has 1 aliphatic rings. The summed E-state index contributed by atoms with van der Waals surface area (Å²) in [4.78, 5) is 2.12. The second kappa shape index (κ2) is 5.03. The Kier molecular flexibility index (Phi) is 3.79. The van der Waals surface area contributed by atoms with Gasteiger partial charge in [-0.1, -0.05) is 6.92 Å². The first-order chi connectivity index (χ1) is 8.51. The molecule has 1 unspecified atom stereocenters. The number of nitrogens with zero attached hydrogens (tertiary/aromatic N) is 1. The first-order valence-electron chi connectivity index (χ1n) is 6.19. The Morgan fingerprint density at radius 1 is 1.56 bits per heavy atom. The second-order valence-electron chi connectivity index (χ2n) is 4.86. The molecule has 5 nitrogen and oxygen atoms in total. The van der Waals surface area contributed by atoms with Crippen LogP contribution in [0.4, 0.5) is 0 Å². The van der Waals surface area contributed by atoms with Crippen LogP contribution in [0.25, 0.3) is 0 Å². The molecule has 0 radical (unpaired) electrons. The molecule has 18 heavy (non-hydrogen) atoms. The molecule has 0 spiro atoms. The highest BCUT2D eigenvalue weighted by Gasteiger charge is 2.45. The van der Waals surface area contributed by atoms with Crippen LogP contribution in [0.1, 0.15) is 19.1 Å². The van der Waals surface area contributed by atoms with Crippen LogP contribution < -0.4 is 5.73 Å². The van der Waals surface area contributed by atoms with Gasteiger partial charge in [-0.2, -0.15) is 0 Å². The largest absolute Gasteiger partial charge is 0.468 e. The summed E-state index contributed by atoms with van der Waals surface area (Å²) in [5.74, 6) is 1.23. The van der Waals surface area contributed by atoms with Crippen molar-refractivity contribution in [3.8, 4) is 0 Å². The zero-order chi connectivity index (χ0) is 13.2. The molecule has 1 fully saturated rings. The van der Waals surface area contributed by atoms with Gasteiger partial charge in [0.05, 0.1) is 24.3 Å². The van der Waals surface area contributed by atoms with Crippen molar-refractivity contribution >= 4 is 9.84 Å². The van der Waals surface area contributed by atoms with Crippen LogP contribution in [0.2, 0.25) is 0 Å².